The summed E-state index contributed by atoms with van der Waals surface area (Å²) in [7, 11) is 0. The molecular weight excluding hydrogens is 195 g/mol. The quantitative estimate of drug-likeness (QED) is 0.590. The third kappa shape index (κ3) is 3.32. The average Bonchev–Trinajstić information content (AvgIpc) is 2.15. The Morgan fingerprint density at radius 3 is 2.73 bits per heavy atom. The summed E-state index contributed by atoms with van der Waals surface area (Å²) < 4.78 is 18.3. The van der Waals surface area contributed by atoms with Crippen molar-refractivity contribution >= 4 is 5.84 Å². The number of ether oxygens (including phenoxy) is 1. The summed E-state index contributed by atoms with van der Waals surface area (Å²) in [6.07, 6.45) is 0.0925. The molecule has 0 unspecified atom stereocenters. The lowest BCUT2D eigenvalue weighted by molar-refractivity contribution is 0.0656. The maximum atomic E-state index is 12.9. The first-order valence-corrected chi connectivity index (χ1v) is 4.75. The molecule has 0 aliphatic rings. The van der Waals surface area contributed by atoms with Crippen molar-refractivity contribution in [1.29, 1.82) is 5.41 Å². The van der Waals surface area contributed by atoms with Crippen molar-refractivity contribution in [2.45, 2.75) is 26.6 Å². The van der Waals surface area contributed by atoms with Crippen LogP contribution < -0.4 is 5.73 Å². The fourth-order valence-electron chi connectivity index (χ4n) is 1.18. The van der Waals surface area contributed by atoms with Crippen LogP contribution in [-0.2, 0) is 11.3 Å². The number of nitrogens with two attached hydrogens (primary N) is 1. The highest BCUT2D eigenvalue weighted by atomic mass is 19.1. The molecule has 0 saturated carbocycles. The summed E-state index contributed by atoms with van der Waals surface area (Å²) in [5, 5.41) is 7.31. The van der Waals surface area contributed by atoms with Gasteiger partial charge in [0.2, 0.25) is 0 Å². The molecule has 0 saturated heterocycles. The lowest BCUT2D eigenvalue weighted by Gasteiger charge is -2.11. The Balaban J connectivity index is 2.91. The molecule has 0 aliphatic carbocycles. The van der Waals surface area contributed by atoms with E-state index in [0.29, 0.717) is 12.2 Å². The molecule has 0 aromatic heterocycles. The Bertz CT molecular complexity index is 364. The van der Waals surface area contributed by atoms with E-state index in [-0.39, 0.29) is 11.9 Å². The molecule has 4 heteroatoms. The van der Waals surface area contributed by atoms with E-state index < -0.39 is 5.82 Å². The molecule has 0 amide bonds. The van der Waals surface area contributed by atoms with E-state index in [9.17, 15) is 4.39 Å². The molecule has 1 rings (SSSR count). The van der Waals surface area contributed by atoms with Gasteiger partial charge in [0, 0.05) is 5.56 Å². The zero-order chi connectivity index (χ0) is 11.4. The van der Waals surface area contributed by atoms with Crippen molar-refractivity contribution in [2.24, 2.45) is 5.73 Å². The summed E-state index contributed by atoms with van der Waals surface area (Å²) >= 11 is 0. The highest BCUT2D eigenvalue weighted by Crippen LogP contribution is 2.12. The number of halogens is 1. The van der Waals surface area contributed by atoms with Crippen molar-refractivity contribution in [3.05, 3.63) is 35.1 Å². The standard InChI is InChI=1S/C11H15FN2O/c1-7(2)15-6-8-3-4-9(12)5-10(8)11(13)14/h3-5,7H,6H2,1-2H3,(H3,13,14). The van der Waals surface area contributed by atoms with Gasteiger partial charge in [-0.1, -0.05) is 6.07 Å². The summed E-state index contributed by atoms with van der Waals surface area (Å²) in [4.78, 5) is 0. The van der Waals surface area contributed by atoms with E-state index in [1.165, 1.54) is 12.1 Å². The molecule has 0 bridgehead atoms. The van der Waals surface area contributed by atoms with Gasteiger partial charge in [0.1, 0.15) is 11.7 Å². The minimum atomic E-state index is -0.395. The van der Waals surface area contributed by atoms with Crippen molar-refractivity contribution < 1.29 is 9.13 Å². The fourth-order valence-corrected chi connectivity index (χ4v) is 1.18. The van der Waals surface area contributed by atoms with Crippen molar-refractivity contribution in [2.75, 3.05) is 0 Å². The number of nitrogen functional groups attached to an aromatic ring is 1. The number of hydrogen-bond donors (Lipinski definition) is 2. The monoisotopic (exact) mass is 210 g/mol. The molecule has 0 atom stereocenters. The van der Waals surface area contributed by atoms with Crippen LogP contribution in [0.5, 0.6) is 0 Å². The molecule has 0 fully saturated rings. The van der Waals surface area contributed by atoms with Crippen LogP contribution in [0, 0.1) is 11.2 Å². The Labute approximate surface area is 88.6 Å². The molecular formula is C11H15FN2O. The maximum absolute atomic E-state index is 12.9. The molecule has 0 heterocycles. The Hall–Kier alpha value is -1.42. The fraction of sp³-hybridized carbons (Fsp3) is 0.364. The minimum Gasteiger partial charge on any atom is -0.384 e. The van der Waals surface area contributed by atoms with Gasteiger partial charge in [-0.15, -0.1) is 0 Å². The van der Waals surface area contributed by atoms with E-state index >= 15 is 0 Å². The molecule has 0 aliphatic heterocycles. The number of rotatable bonds is 4. The van der Waals surface area contributed by atoms with E-state index in [0.717, 1.165) is 5.56 Å². The number of benzene rings is 1. The summed E-state index contributed by atoms with van der Waals surface area (Å²) in [5.74, 6) is -0.537. The van der Waals surface area contributed by atoms with Crippen molar-refractivity contribution in [3.8, 4) is 0 Å². The number of nitrogens with one attached hydrogen (secondary N) is 1. The van der Waals surface area contributed by atoms with Crippen LogP contribution in [0.25, 0.3) is 0 Å². The van der Waals surface area contributed by atoms with Crippen LogP contribution in [0.1, 0.15) is 25.0 Å². The third-order valence-electron chi connectivity index (χ3n) is 1.93. The highest BCUT2D eigenvalue weighted by molar-refractivity contribution is 5.96. The second-order valence-corrected chi connectivity index (χ2v) is 3.57. The van der Waals surface area contributed by atoms with Gasteiger partial charge in [0.05, 0.1) is 12.7 Å². The van der Waals surface area contributed by atoms with Crippen LogP contribution in [0.4, 0.5) is 4.39 Å². The zero-order valence-electron chi connectivity index (χ0n) is 8.88. The zero-order valence-corrected chi connectivity index (χ0v) is 8.88. The van der Waals surface area contributed by atoms with Gasteiger partial charge in [-0.25, -0.2) is 4.39 Å². The van der Waals surface area contributed by atoms with Gasteiger partial charge in [0.25, 0.3) is 0 Å². The summed E-state index contributed by atoms with van der Waals surface area (Å²) in [6, 6.07) is 4.18. The molecule has 15 heavy (non-hydrogen) atoms. The van der Waals surface area contributed by atoms with Gasteiger partial charge in [-0.2, -0.15) is 0 Å². The first-order valence-electron chi connectivity index (χ1n) is 4.75. The second kappa shape index (κ2) is 4.89. The normalized spacial score (nSPS) is 10.7. The van der Waals surface area contributed by atoms with Crippen LogP contribution in [0.15, 0.2) is 18.2 Å². The second-order valence-electron chi connectivity index (χ2n) is 3.57. The predicted octanol–water partition coefficient (Wildman–Crippen LogP) is 2.03. The van der Waals surface area contributed by atoms with Crippen molar-refractivity contribution in [3.63, 3.8) is 0 Å². The van der Waals surface area contributed by atoms with Crippen LogP contribution >= 0.6 is 0 Å². The number of amidine groups is 1. The summed E-state index contributed by atoms with van der Waals surface area (Å²) in [6.45, 7) is 4.17. The Kier molecular flexibility index (Phi) is 3.80. The first kappa shape index (κ1) is 11.7. The summed E-state index contributed by atoms with van der Waals surface area (Å²) in [5.41, 5.74) is 6.48. The molecule has 1 aromatic rings. The smallest absolute Gasteiger partial charge is 0.123 e. The Morgan fingerprint density at radius 2 is 2.20 bits per heavy atom. The molecule has 0 radical (unpaired) electrons. The topological polar surface area (TPSA) is 59.1 Å². The average molecular weight is 210 g/mol. The maximum Gasteiger partial charge on any atom is 0.123 e. The largest absolute Gasteiger partial charge is 0.384 e. The van der Waals surface area contributed by atoms with Gasteiger partial charge in [-0.3, -0.25) is 5.41 Å². The predicted molar refractivity (Wildman–Crippen MR) is 57.3 cm³/mol. The highest BCUT2D eigenvalue weighted by Gasteiger charge is 2.07. The van der Waals surface area contributed by atoms with E-state index in [2.05, 4.69) is 0 Å². The van der Waals surface area contributed by atoms with Gasteiger partial charge in [0.15, 0.2) is 0 Å². The van der Waals surface area contributed by atoms with Gasteiger partial charge >= 0.3 is 0 Å². The van der Waals surface area contributed by atoms with E-state index in [1.54, 1.807) is 6.07 Å². The molecule has 0 spiro atoms. The number of hydrogen-bond acceptors (Lipinski definition) is 2. The third-order valence-corrected chi connectivity index (χ3v) is 1.93. The lowest BCUT2D eigenvalue weighted by atomic mass is 10.1. The lowest BCUT2D eigenvalue weighted by Crippen LogP contribution is -2.15. The first-order chi connectivity index (χ1) is 7.00. The van der Waals surface area contributed by atoms with Gasteiger partial charge < -0.3 is 10.5 Å². The van der Waals surface area contributed by atoms with Crippen molar-refractivity contribution in [1.82, 2.24) is 0 Å². The van der Waals surface area contributed by atoms with Crippen LogP contribution in [-0.4, -0.2) is 11.9 Å². The van der Waals surface area contributed by atoms with E-state index in [1.807, 2.05) is 13.8 Å². The molecule has 3 nitrogen and oxygen atoms in total. The molecule has 1 aromatic carbocycles. The van der Waals surface area contributed by atoms with Gasteiger partial charge in [-0.05, 0) is 31.5 Å². The van der Waals surface area contributed by atoms with Crippen LogP contribution in [0.3, 0.4) is 0 Å². The molecule has 82 valence electrons. The minimum absolute atomic E-state index is 0.0925. The van der Waals surface area contributed by atoms with Crippen LogP contribution in [0.2, 0.25) is 0 Å². The Morgan fingerprint density at radius 1 is 1.53 bits per heavy atom. The molecule has 3 N–H and O–H groups in total. The van der Waals surface area contributed by atoms with E-state index in [4.69, 9.17) is 15.9 Å². The SMILES string of the molecule is CC(C)OCc1ccc(F)cc1C(=N)N.